The standard InChI is InChI=1S/C26H35FN6O3/c1-6-14-29-23-19(17-30-24(32-23)31-21-13-10-12-20(27)16-21)11-8-7-9-15-28-22(34)18-33(5)25(35)36-26(2,3)4/h10,12-13,16-17H,6-7,9,14-15,18H2,1-5H3,(H,28,34)(H2,29,30,31,32). The van der Waals surface area contributed by atoms with Crippen LogP contribution in [0.4, 0.5) is 26.6 Å². The van der Waals surface area contributed by atoms with Gasteiger partial charge in [-0.1, -0.05) is 24.8 Å². The number of rotatable bonds is 10. The highest BCUT2D eigenvalue weighted by atomic mass is 19.1. The number of hydrogen-bond donors (Lipinski definition) is 3. The SMILES string of the molecule is CCCNc1nc(Nc2cccc(F)c2)ncc1C#CCCCNC(=O)CN(C)C(=O)OC(C)(C)C. The van der Waals surface area contributed by atoms with Gasteiger partial charge in [0.25, 0.3) is 0 Å². The van der Waals surface area contributed by atoms with Crippen LogP contribution in [0.25, 0.3) is 0 Å². The van der Waals surface area contributed by atoms with Crippen LogP contribution in [-0.2, 0) is 9.53 Å². The number of amides is 2. The zero-order valence-corrected chi connectivity index (χ0v) is 21.6. The number of likely N-dealkylation sites (N-methyl/N-ethyl adjacent to an activating group) is 1. The fourth-order valence-electron chi connectivity index (χ4n) is 2.85. The predicted octanol–water partition coefficient (Wildman–Crippen LogP) is 4.30. The Morgan fingerprint density at radius 3 is 2.69 bits per heavy atom. The topological polar surface area (TPSA) is 108 Å². The Hall–Kier alpha value is -3.87. The summed E-state index contributed by atoms with van der Waals surface area (Å²) >= 11 is 0. The van der Waals surface area contributed by atoms with Gasteiger partial charge < -0.3 is 25.6 Å². The Bertz CT molecular complexity index is 1090. The highest BCUT2D eigenvalue weighted by molar-refractivity contribution is 5.82. The Kier molecular flexibility index (Phi) is 10.9. The van der Waals surface area contributed by atoms with Gasteiger partial charge in [0.1, 0.15) is 23.8 Å². The molecule has 0 fully saturated rings. The van der Waals surface area contributed by atoms with Gasteiger partial charge in [-0.2, -0.15) is 4.98 Å². The van der Waals surface area contributed by atoms with Crippen LogP contribution < -0.4 is 16.0 Å². The van der Waals surface area contributed by atoms with E-state index in [4.69, 9.17) is 4.74 Å². The number of nitrogens with one attached hydrogen (secondary N) is 3. The lowest BCUT2D eigenvalue weighted by molar-refractivity contribution is -0.122. The second-order valence-electron chi connectivity index (χ2n) is 9.11. The van der Waals surface area contributed by atoms with Crippen LogP contribution in [-0.4, -0.2) is 59.2 Å². The van der Waals surface area contributed by atoms with Gasteiger partial charge in [-0.25, -0.2) is 14.2 Å². The number of hydrogen-bond acceptors (Lipinski definition) is 7. The van der Waals surface area contributed by atoms with Gasteiger partial charge in [0.2, 0.25) is 11.9 Å². The van der Waals surface area contributed by atoms with Gasteiger partial charge in [0, 0.05) is 32.2 Å². The summed E-state index contributed by atoms with van der Waals surface area (Å²) in [6.45, 7) is 8.43. The van der Waals surface area contributed by atoms with Crippen LogP contribution in [0.5, 0.6) is 0 Å². The van der Waals surface area contributed by atoms with Crippen LogP contribution in [0.1, 0.15) is 52.5 Å². The van der Waals surface area contributed by atoms with Crippen molar-refractivity contribution in [3.63, 3.8) is 0 Å². The lowest BCUT2D eigenvalue weighted by Gasteiger charge is -2.24. The number of ether oxygens (including phenoxy) is 1. The lowest BCUT2D eigenvalue weighted by atomic mass is 10.2. The summed E-state index contributed by atoms with van der Waals surface area (Å²) in [4.78, 5) is 34.0. The molecule has 1 heterocycles. The summed E-state index contributed by atoms with van der Waals surface area (Å²) in [5.74, 6) is 6.47. The summed E-state index contributed by atoms with van der Waals surface area (Å²) in [6, 6.07) is 6.07. The van der Waals surface area contributed by atoms with Crippen LogP contribution in [0.2, 0.25) is 0 Å². The van der Waals surface area contributed by atoms with Crippen molar-refractivity contribution in [1.29, 1.82) is 0 Å². The molecule has 2 amide bonds. The number of aromatic nitrogens is 2. The van der Waals surface area contributed by atoms with Gasteiger partial charge in [-0.3, -0.25) is 4.79 Å². The van der Waals surface area contributed by atoms with E-state index in [1.807, 2.05) is 6.92 Å². The molecule has 0 atom stereocenters. The van der Waals surface area contributed by atoms with E-state index in [1.54, 1.807) is 39.1 Å². The van der Waals surface area contributed by atoms with E-state index in [9.17, 15) is 14.0 Å². The molecule has 0 radical (unpaired) electrons. The molecule has 194 valence electrons. The van der Waals surface area contributed by atoms with E-state index in [0.717, 1.165) is 13.0 Å². The molecule has 0 aliphatic carbocycles. The zero-order valence-electron chi connectivity index (χ0n) is 21.6. The summed E-state index contributed by atoms with van der Waals surface area (Å²) < 4.78 is 18.7. The third-order valence-corrected chi connectivity index (χ3v) is 4.52. The molecule has 10 heteroatoms. The van der Waals surface area contributed by atoms with Crippen molar-refractivity contribution in [2.75, 3.05) is 37.3 Å². The molecular formula is C26H35FN6O3. The molecular weight excluding hydrogens is 463 g/mol. The predicted molar refractivity (Wildman–Crippen MR) is 138 cm³/mol. The summed E-state index contributed by atoms with van der Waals surface area (Å²) in [7, 11) is 1.52. The van der Waals surface area contributed by atoms with Crippen molar-refractivity contribution < 1.29 is 18.7 Å². The van der Waals surface area contributed by atoms with Gasteiger partial charge in [0.05, 0.1) is 11.8 Å². The molecule has 0 saturated heterocycles. The van der Waals surface area contributed by atoms with Crippen molar-refractivity contribution in [2.45, 2.75) is 52.6 Å². The van der Waals surface area contributed by atoms with Gasteiger partial charge in [-0.05, 0) is 51.8 Å². The first kappa shape index (κ1) is 28.4. The van der Waals surface area contributed by atoms with Crippen LogP contribution in [0.15, 0.2) is 30.5 Å². The second kappa shape index (κ2) is 13.9. The quantitative estimate of drug-likeness (QED) is 0.331. The molecule has 0 saturated carbocycles. The first-order valence-corrected chi connectivity index (χ1v) is 11.9. The van der Waals surface area contributed by atoms with E-state index in [-0.39, 0.29) is 18.3 Å². The average Bonchev–Trinajstić information content (AvgIpc) is 2.79. The molecule has 2 aromatic rings. The number of unbranched alkanes of at least 4 members (excludes halogenated alkanes) is 1. The molecule has 3 N–H and O–H groups in total. The van der Waals surface area contributed by atoms with E-state index < -0.39 is 11.7 Å². The Morgan fingerprint density at radius 1 is 1.22 bits per heavy atom. The minimum Gasteiger partial charge on any atom is -0.444 e. The van der Waals surface area contributed by atoms with Crippen LogP contribution >= 0.6 is 0 Å². The Morgan fingerprint density at radius 2 is 2.00 bits per heavy atom. The average molecular weight is 499 g/mol. The Balaban J connectivity index is 1.86. The molecule has 2 rings (SSSR count). The van der Waals surface area contributed by atoms with Crippen molar-refractivity contribution in [2.24, 2.45) is 0 Å². The van der Waals surface area contributed by atoms with E-state index in [0.29, 0.717) is 42.4 Å². The number of carbonyl (C=O) groups is 2. The molecule has 9 nitrogen and oxygen atoms in total. The van der Waals surface area contributed by atoms with E-state index >= 15 is 0 Å². The van der Waals surface area contributed by atoms with Crippen molar-refractivity contribution in [3.8, 4) is 11.8 Å². The number of halogens is 1. The highest BCUT2D eigenvalue weighted by Gasteiger charge is 2.20. The first-order chi connectivity index (χ1) is 17.1. The maximum Gasteiger partial charge on any atom is 0.410 e. The largest absolute Gasteiger partial charge is 0.444 e. The fourth-order valence-corrected chi connectivity index (χ4v) is 2.85. The van der Waals surface area contributed by atoms with Crippen molar-refractivity contribution >= 4 is 29.5 Å². The molecule has 1 aromatic heterocycles. The molecule has 0 aliphatic heterocycles. The first-order valence-electron chi connectivity index (χ1n) is 11.9. The maximum atomic E-state index is 13.4. The third-order valence-electron chi connectivity index (χ3n) is 4.52. The number of carbonyl (C=O) groups excluding carboxylic acids is 2. The molecule has 1 aromatic carbocycles. The number of benzene rings is 1. The monoisotopic (exact) mass is 498 g/mol. The van der Waals surface area contributed by atoms with Gasteiger partial charge in [0.15, 0.2) is 0 Å². The molecule has 36 heavy (non-hydrogen) atoms. The lowest BCUT2D eigenvalue weighted by Crippen LogP contribution is -2.41. The summed E-state index contributed by atoms with van der Waals surface area (Å²) in [6.07, 6.45) is 3.18. The molecule has 0 unspecified atom stereocenters. The molecule has 0 aliphatic rings. The van der Waals surface area contributed by atoms with Crippen molar-refractivity contribution in [1.82, 2.24) is 20.2 Å². The molecule has 0 bridgehead atoms. The fraction of sp³-hybridized carbons (Fsp3) is 0.462. The smallest absolute Gasteiger partial charge is 0.410 e. The summed E-state index contributed by atoms with van der Waals surface area (Å²) in [5.41, 5.74) is 0.584. The van der Waals surface area contributed by atoms with Crippen LogP contribution in [0, 0.1) is 17.7 Å². The second-order valence-corrected chi connectivity index (χ2v) is 9.11. The van der Waals surface area contributed by atoms with Crippen molar-refractivity contribution in [3.05, 3.63) is 41.8 Å². The highest BCUT2D eigenvalue weighted by Crippen LogP contribution is 2.18. The normalized spacial score (nSPS) is 10.6. The Labute approximate surface area is 212 Å². The minimum atomic E-state index is -0.615. The number of nitrogens with zero attached hydrogens (tertiary/aromatic N) is 3. The van der Waals surface area contributed by atoms with E-state index in [2.05, 4.69) is 37.8 Å². The molecule has 0 spiro atoms. The van der Waals surface area contributed by atoms with Gasteiger partial charge in [-0.15, -0.1) is 0 Å². The van der Waals surface area contributed by atoms with E-state index in [1.165, 1.54) is 24.1 Å². The summed E-state index contributed by atoms with van der Waals surface area (Å²) in [5, 5.41) is 9.01. The number of anilines is 3. The maximum absolute atomic E-state index is 13.4. The zero-order chi connectivity index (χ0) is 26.6. The minimum absolute atomic E-state index is 0.0829. The van der Waals surface area contributed by atoms with Gasteiger partial charge >= 0.3 is 6.09 Å². The van der Waals surface area contributed by atoms with Crippen LogP contribution in [0.3, 0.4) is 0 Å². The third kappa shape index (κ3) is 10.6.